The first-order valence-electron chi connectivity index (χ1n) is 9.03. The van der Waals surface area contributed by atoms with Crippen LogP contribution >= 0.6 is 41.9 Å². The van der Waals surface area contributed by atoms with Crippen molar-refractivity contribution in [3.63, 3.8) is 0 Å². The van der Waals surface area contributed by atoms with Gasteiger partial charge in [0.1, 0.15) is 0 Å². The van der Waals surface area contributed by atoms with E-state index in [-0.39, 0.29) is 0 Å². The topological polar surface area (TPSA) is 0 Å². The molecule has 3 aromatic heterocycles. The number of rotatable bonds is 5. The molecule has 136 valence electrons. The van der Waals surface area contributed by atoms with Gasteiger partial charge in [-0.2, -0.15) is 0 Å². The van der Waals surface area contributed by atoms with Gasteiger partial charge in [0.05, 0.1) is 0 Å². The van der Waals surface area contributed by atoms with Crippen molar-refractivity contribution < 1.29 is 0 Å². The molecule has 0 spiro atoms. The van der Waals surface area contributed by atoms with Gasteiger partial charge in [-0.25, -0.2) is 0 Å². The molecule has 0 atom stereocenters. The van der Waals surface area contributed by atoms with Gasteiger partial charge in [0.25, 0.3) is 0 Å². The zero-order chi connectivity index (χ0) is 18.8. The summed E-state index contributed by atoms with van der Waals surface area (Å²) >= 11 is 5.63. The van der Waals surface area contributed by atoms with Crippen LogP contribution in [0.3, 0.4) is 0 Å². The van der Waals surface area contributed by atoms with Gasteiger partial charge in [-0.3, -0.25) is 0 Å². The largest absolute Gasteiger partial charge is 0.143 e. The fraction of sp³-hybridized carbons (Fsp3) is 0. The highest BCUT2D eigenvalue weighted by Gasteiger charge is 2.19. The summed E-state index contributed by atoms with van der Waals surface area (Å²) in [5.74, 6) is 0. The third-order valence-corrected chi connectivity index (χ3v) is 10.7. The second-order valence-corrected chi connectivity index (χ2v) is 11.9. The molecule has 0 saturated carbocycles. The molecular weight excluding hydrogens is 415 g/mol. The van der Waals surface area contributed by atoms with Crippen LogP contribution in [0.5, 0.6) is 0 Å². The first kappa shape index (κ1) is 18.0. The molecule has 0 aliphatic rings. The Morgan fingerprint density at radius 1 is 0.464 bits per heavy atom. The van der Waals surface area contributed by atoms with Gasteiger partial charge >= 0.3 is 0 Å². The molecule has 5 aromatic rings. The molecule has 0 unspecified atom stereocenters. The standard InChI is InChI=1S/C24H17PS3/c1-3-8-18(9-4-1)25(19-10-5-2-6-11-19)24-16-15-23(28-24)22-14-13-21(27-22)20-12-7-17-26-20/h1-17H. The maximum atomic E-state index is 2.33. The zero-order valence-electron chi connectivity index (χ0n) is 15.0. The smallest absolute Gasteiger partial charge is 0.0449 e. The molecule has 4 heteroatoms. The fourth-order valence-corrected chi connectivity index (χ4v) is 9.10. The molecule has 0 radical (unpaired) electrons. The summed E-state index contributed by atoms with van der Waals surface area (Å²) in [6, 6.07) is 35.3. The minimum atomic E-state index is -0.520. The van der Waals surface area contributed by atoms with Crippen molar-refractivity contribution in [2.45, 2.75) is 0 Å². The summed E-state index contributed by atoms with van der Waals surface area (Å²) in [5, 5.41) is 4.95. The van der Waals surface area contributed by atoms with E-state index in [1.165, 1.54) is 34.7 Å². The molecule has 0 nitrogen and oxygen atoms in total. The number of hydrogen-bond acceptors (Lipinski definition) is 3. The molecule has 0 saturated heterocycles. The van der Waals surface area contributed by atoms with E-state index in [1.807, 2.05) is 22.7 Å². The minimum Gasteiger partial charge on any atom is -0.143 e. The normalized spacial score (nSPS) is 11.2. The summed E-state index contributed by atoms with van der Waals surface area (Å²) in [4.78, 5) is 5.43. The average Bonchev–Trinajstić information content (AvgIpc) is 3.50. The van der Waals surface area contributed by atoms with Crippen LogP contribution in [0.4, 0.5) is 0 Å². The SMILES string of the molecule is c1ccc(P(c2ccccc2)c2ccc(-c3ccc(-c4cccs4)s3)s2)cc1. The minimum absolute atomic E-state index is 0.520. The molecule has 0 aliphatic carbocycles. The van der Waals surface area contributed by atoms with Crippen molar-refractivity contribution >= 4 is 57.2 Å². The van der Waals surface area contributed by atoms with Crippen LogP contribution in [0.2, 0.25) is 0 Å². The zero-order valence-corrected chi connectivity index (χ0v) is 18.3. The lowest BCUT2D eigenvalue weighted by atomic mass is 10.3. The summed E-state index contributed by atoms with van der Waals surface area (Å²) in [7, 11) is -0.520. The molecule has 0 fully saturated rings. The first-order valence-corrected chi connectivity index (χ1v) is 12.9. The maximum absolute atomic E-state index is 2.33. The molecule has 0 bridgehead atoms. The van der Waals surface area contributed by atoms with Crippen LogP contribution < -0.4 is 15.2 Å². The van der Waals surface area contributed by atoms with Gasteiger partial charge in [-0.1, -0.05) is 66.7 Å². The highest BCUT2D eigenvalue weighted by Crippen LogP contribution is 2.41. The van der Waals surface area contributed by atoms with E-state index >= 15 is 0 Å². The predicted octanol–water partition coefficient (Wildman–Crippen LogP) is 6.96. The number of benzene rings is 2. The van der Waals surface area contributed by atoms with Gasteiger partial charge < -0.3 is 0 Å². The summed E-state index contributed by atoms with van der Waals surface area (Å²) in [6.07, 6.45) is 0. The fourth-order valence-electron chi connectivity index (χ4n) is 3.16. The Kier molecular flexibility index (Phi) is 5.24. The van der Waals surface area contributed by atoms with Crippen LogP contribution in [-0.4, -0.2) is 0 Å². The van der Waals surface area contributed by atoms with Crippen LogP contribution in [0, 0.1) is 0 Å². The Morgan fingerprint density at radius 2 is 1.04 bits per heavy atom. The van der Waals surface area contributed by atoms with E-state index < -0.39 is 7.92 Å². The maximum Gasteiger partial charge on any atom is 0.0449 e. The van der Waals surface area contributed by atoms with Crippen LogP contribution in [0.25, 0.3) is 19.5 Å². The van der Waals surface area contributed by atoms with Gasteiger partial charge in [0.2, 0.25) is 0 Å². The van der Waals surface area contributed by atoms with E-state index in [0.717, 1.165) is 0 Å². The Hall–Kier alpha value is -2.03. The summed E-state index contributed by atoms with van der Waals surface area (Å²) < 4.78 is 1.45. The highest BCUT2D eigenvalue weighted by atomic mass is 32.1. The molecule has 0 aliphatic heterocycles. The Balaban J connectivity index is 1.53. The van der Waals surface area contributed by atoms with Crippen molar-refractivity contribution in [2.75, 3.05) is 0 Å². The van der Waals surface area contributed by atoms with Crippen molar-refractivity contribution in [3.8, 4) is 19.5 Å². The van der Waals surface area contributed by atoms with Crippen LogP contribution in [0.1, 0.15) is 0 Å². The molecule has 5 rings (SSSR count). The van der Waals surface area contributed by atoms with Crippen molar-refractivity contribution in [2.24, 2.45) is 0 Å². The average molecular weight is 433 g/mol. The number of hydrogen-bond donors (Lipinski definition) is 0. The quantitative estimate of drug-likeness (QED) is 0.263. The first-order chi connectivity index (χ1) is 13.9. The second-order valence-electron chi connectivity index (χ2n) is 6.29. The van der Waals surface area contributed by atoms with Crippen molar-refractivity contribution in [1.29, 1.82) is 0 Å². The lowest BCUT2D eigenvalue weighted by Crippen LogP contribution is -2.18. The van der Waals surface area contributed by atoms with Gasteiger partial charge in [0, 0.05) is 24.1 Å². The Labute approximate surface area is 178 Å². The van der Waals surface area contributed by atoms with Crippen molar-refractivity contribution in [1.82, 2.24) is 0 Å². The Bertz CT molecular complexity index is 1120. The lowest BCUT2D eigenvalue weighted by molar-refractivity contribution is 1.75. The predicted molar refractivity (Wildman–Crippen MR) is 130 cm³/mol. The highest BCUT2D eigenvalue weighted by molar-refractivity contribution is 7.84. The summed E-state index contributed by atoms with van der Waals surface area (Å²) in [5.41, 5.74) is 0. The van der Waals surface area contributed by atoms with Gasteiger partial charge in [-0.05, 0) is 54.2 Å². The second kappa shape index (κ2) is 8.14. The Morgan fingerprint density at radius 3 is 1.64 bits per heavy atom. The third kappa shape index (κ3) is 3.64. The van der Waals surface area contributed by atoms with Crippen LogP contribution in [0.15, 0.2) is 102 Å². The van der Waals surface area contributed by atoms with Gasteiger partial charge in [0.15, 0.2) is 0 Å². The van der Waals surface area contributed by atoms with E-state index in [4.69, 9.17) is 0 Å². The molecular formula is C24H17PS3. The van der Waals surface area contributed by atoms with E-state index in [0.29, 0.717) is 0 Å². The molecule has 2 aromatic carbocycles. The van der Waals surface area contributed by atoms with Gasteiger partial charge in [-0.15, -0.1) is 34.0 Å². The summed E-state index contributed by atoms with van der Waals surface area (Å²) in [6.45, 7) is 0. The van der Waals surface area contributed by atoms with Crippen molar-refractivity contribution in [3.05, 3.63) is 102 Å². The molecule has 3 heterocycles. The lowest BCUT2D eigenvalue weighted by Gasteiger charge is -2.17. The molecule has 0 N–H and O–H groups in total. The van der Waals surface area contributed by atoms with E-state index in [2.05, 4.69) is 102 Å². The van der Waals surface area contributed by atoms with Crippen LogP contribution in [-0.2, 0) is 0 Å². The monoisotopic (exact) mass is 432 g/mol. The number of thiophene rings is 3. The molecule has 0 amide bonds. The molecule has 28 heavy (non-hydrogen) atoms. The third-order valence-electron chi connectivity index (χ3n) is 4.45. The van der Waals surface area contributed by atoms with E-state index in [9.17, 15) is 0 Å². The van der Waals surface area contributed by atoms with E-state index in [1.54, 1.807) is 11.3 Å².